The van der Waals surface area contributed by atoms with Crippen molar-refractivity contribution in [2.24, 2.45) is 5.73 Å². The van der Waals surface area contributed by atoms with Crippen molar-refractivity contribution in [1.29, 1.82) is 0 Å². The Morgan fingerprint density at radius 2 is 2.15 bits per heavy atom. The molecule has 20 heavy (non-hydrogen) atoms. The molecule has 3 N–H and O–H groups in total. The van der Waals surface area contributed by atoms with Gasteiger partial charge in [-0.05, 0) is 30.5 Å². The molecule has 2 rings (SSSR count). The van der Waals surface area contributed by atoms with Gasteiger partial charge in [-0.1, -0.05) is 0 Å². The SMILES string of the molecule is NCc1cc(F)c(F)c(S(=O)(=O)NC2CCCOC2)c1. The molecule has 1 saturated heterocycles. The van der Waals surface area contributed by atoms with Crippen LogP contribution in [0, 0.1) is 11.6 Å². The summed E-state index contributed by atoms with van der Waals surface area (Å²) < 4.78 is 58.8. The molecular formula is C12H16F2N2O3S. The molecule has 0 saturated carbocycles. The molecule has 8 heteroatoms. The third kappa shape index (κ3) is 3.32. The van der Waals surface area contributed by atoms with Crippen LogP contribution in [0.3, 0.4) is 0 Å². The van der Waals surface area contributed by atoms with Crippen molar-refractivity contribution in [3.63, 3.8) is 0 Å². The minimum Gasteiger partial charge on any atom is -0.380 e. The molecule has 112 valence electrons. The summed E-state index contributed by atoms with van der Waals surface area (Å²) in [5, 5.41) is 0. The van der Waals surface area contributed by atoms with Crippen LogP contribution in [0.5, 0.6) is 0 Å². The lowest BCUT2D eigenvalue weighted by Gasteiger charge is -2.23. The minimum atomic E-state index is -4.15. The van der Waals surface area contributed by atoms with Crippen LogP contribution < -0.4 is 10.5 Å². The molecule has 1 heterocycles. The zero-order valence-corrected chi connectivity index (χ0v) is 11.6. The van der Waals surface area contributed by atoms with E-state index in [4.69, 9.17) is 10.5 Å². The number of halogens is 2. The fraction of sp³-hybridized carbons (Fsp3) is 0.500. The number of ether oxygens (including phenoxy) is 1. The second kappa shape index (κ2) is 6.13. The van der Waals surface area contributed by atoms with Crippen molar-refractivity contribution >= 4 is 10.0 Å². The van der Waals surface area contributed by atoms with E-state index in [0.717, 1.165) is 12.1 Å². The molecule has 1 fully saturated rings. The maximum Gasteiger partial charge on any atom is 0.243 e. The zero-order chi connectivity index (χ0) is 14.8. The molecule has 0 spiro atoms. The summed E-state index contributed by atoms with van der Waals surface area (Å²) >= 11 is 0. The van der Waals surface area contributed by atoms with E-state index >= 15 is 0 Å². The minimum absolute atomic E-state index is 0.0771. The maximum absolute atomic E-state index is 13.7. The van der Waals surface area contributed by atoms with E-state index < -0.39 is 32.6 Å². The summed E-state index contributed by atoms with van der Waals surface area (Å²) in [4.78, 5) is -0.719. The fourth-order valence-corrected chi connectivity index (χ4v) is 3.44. The van der Waals surface area contributed by atoms with Crippen molar-refractivity contribution in [3.8, 4) is 0 Å². The van der Waals surface area contributed by atoms with Crippen molar-refractivity contribution in [2.75, 3.05) is 13.2 Å². The average Bonchev–Trinajstić information content (AvgIpc) is 2.42. The molecule has 1 atom stereocenters. The number of nitrogens with one attached hydrogen (secondary N) is 1. The van der Waals surface area contributed by atoms with Crippen molar-refractivity contribution in [1.82, 2.24) is 4.72 Å². The predicted molar refractivity (Wildman–Crippen MR) is 68.4 cm³/mol. The van der Waals surface area contributed by atoms with Gasteiger partial charge >= 0.3 is 0 Å². The number of hydrogen-bond donors (Lipinski definition) is 2. The largest absolute Gasteiger partial charge is 0.380 e. The Morgan fingerprint density at radius 1 is 1.40 bits per heavy atom. The number of nitrogens with two attached hydrogens (primary N) is 1. The highest BCUT2D eigenvalue weighted by atomic mass is 32.2. The van der Waals surface area contributed by atoms with Gasteiger partial charge in [0, 0.05) is 19.2 Å². The van der Waals surface area contributed by atoms with E-state index in [1.54, 1.807) is 0 Å². The molecule has 0 aliphatic carbocycles. The van der Waals surface area contributed by atoms with Crippen molar-refractivity contribution in [2.45, 2.75) is 30.3 Å². The zero-order valence-electron chi connectivity index (χ0n) is 10.7. The van der Waals surface area contributed by atoms with Crippen LogP contribution in [-0.2, 0) is 21.3 Å². The van der Waals surface area contributed by atoms with Gasteiger partial charge in [0.05, 0.1) is 6.61 Å². The van der Waals surface area contributed by atoms with Crippen LogP contribution in [0.15, 0.2) is 17.0 Å². The van der Waals surface area contributed by atoms with E-state index in [-0.39, 0.29) is 18.7 Å². The van der Waals surface area contributed by atoms with E-state index in [0.29, 0.717) is 19.4 Å². The second-order valence-corrected chi connectivity index (χ2v) is 6.31. The molecular weight excluding hydrogens is 290 g/mol. The lowest BCUT2D eigenvalue weighted by atomic mass is 10.1. The molecule has 1 unspecified atom stereocenters. The Hall–Kier alpha value is -1.09. The van der Waals surface area contributed by atoms with Crippen LogP contribution in [0.25, 0.3) is 0 Å². The highest BCUT2D eigenvalue weighted by molar-refractivity contribution is 7.89. The van der Waals surface area contributed by atoms with Gasteiger partial charge in [-0.15, -0.1) is 0 Å². The highest BCUT2D eigenvalue weighted by Crippen LogP contribution is 2.21. The number of hydrogen-bond acceptors (Lipinski definition) is 4. The summed E-state index contributed by atoms with van der Waals surface area (Å²) in [5.74, 6) is -2.63. The van der Waals surface area contributed by atoms with Crippen molar-refractivity contribution < 1.29 is 21.9 Å². The lowest BCUT2D eigenvalue weighted by molar-refractivity contribution is 0.0774. The predicted octanol–water partition coefficient (Wildman–Crippen LogP) is 0.881. The molecule has 5 nitrogen and oxygen atoms in total. The average molecular weight is 306 g/mol. The van der Waals surface area contributed by atoms with Gasteiger partial charge < -0.3 is 10.5 Å². The van der Waals surface area contributed by atoms with Gasteiger partial charge in [-0.2, -0.15) is 0 Å². The fourth-order valence-electron chi connectivity index (χ4n) is 2.05. The first kappa shape index (κ1) is 15.3. The summed E-state index contributed by atoms with van der Waals surface area (Å²) in [6, 6.07) is 1.50. The van der Waals surface area contributed by atoms with Gasteiger partial charge in [0.2, 0.25) is 10.0 Å². The molecule has 1 aliphatic rings. The Labute approximate surface area is 116 Å². The van der Waals surface area contributed by atoms with Gasteiger partial charge in [-0.3, -0.25) is 0 Å². The van der Waals surface area contributed by atoms with E-state index in [1.165, 1.54) is 0 Å². The summed E-state index contributed by atoms with van der Waals surface area (Å²) in [7, 11) is -4.15. The standard InChI is InChI=1S/C12H16F2N2O3S/c13-10-4-8(6-15)5-11(12(10)14)20(17,18)16-9-2-1-3-19-7-9/h4-5,9,16H,1-3,6-7,15H2. The summed E-state index contributed by atoms with van der Waals surface area (Å²) in [5.41, 5.74) is 5.55. The molecule has 1 aromatic carbocycles. The maximum atomic E-state index is 13.7. The van der Waals surface area contributed by atoms with E-state index in [2.05, 4.69) is 4.72 Å². The van der Waals surface area contributed by atoms with Crippen LogP contribution in [-0.4, -0.2) is 27.7 Å². The summed E-state index contributed by atoms with van der Waals surface area (Å²) in [6.07, 6.45) is 1.31. The Bertz CT molecular complexity index is 587. The van der Waals surface area contributed by atoms with Gasteiger partial charge in [0.1, 0.15) is 4.90 Å². The Morgan fingerprint density at radius 3 is 2.75 bits per heavy atom. The Kier molecular flexibility index (Phi) is 4.69. The van der Waals surface area contributed by atoms with Gasteiger partial charge in [0.15, 0.2) is 11.6 Å². The highest BCUT2D eigenvalue weighted by Gasteiger charge is 2.26. The second-order valence-electron chi connectivity index (χ2n) is 4.63. The van der Waals surface area contributed by atoms with Gasteiger partial charge in [0.25, 0.3) is 0 Å². The van der Waals surface area contributed by atoms with E-state index in [1.807, 2.05) is 0 Å². The molecule has 0 bridgehead atoms. The monoisotopic (exact) mass is 306 g/mol. The first-order chi connectivity index (χ1) is 9.44. The summed E-state index contributed by atoms with van der Waals surface area (Å²) in [6.45, 7) is 0.718. The number of sulfonamides is 1. The van der Waals surface area contributed by atoms with Crippen LogP contribution in [0.1, 0.15) is 18.4 Å². The quantitative estimate of drug-likeness (QED) is 0.865. The molecule has 0 radical (unpaired) electrons. The normalized spacial score (nSPS) is 20.1. The van der Waals surface area contributed by atoms with E-state index in [9.17, 15) is 17.2 Å². The smallest absolute Gasteiger partial charge is 0.243 e. The van der Waals surface area contributed by atoms with Gasteiger partial charge in [-0.25, -0.2) is 21.9 Å². The topological polar surface area (TPSA) is 81.4 Å². The number of benzene rings is 1. The van der Waals surface area contributed by atoms with Crippen molar-refractivity contribution in [3.05, 3.63) is 29.3 Å². The first-order valence-electron chi connectivity index (χ1n) is 6.22. The van der Waals surface area contributed by atoms with Crippen LogP contribution >= 0.6 is 0 Å². The first-order valence-corrected chi connectivity index (χ1v) is 7.70. The molecule has 0 aromatic heterocycles. The molecule has 1 aliphatic heterocycles. The Balaban J connectivity index is 2.30. The third-order valence-corrected chi connectivity index (χ3v) is 4.58. The molecule has 1 aromatic rings. The van der Waals surface area contributed by atoms with Crippen LogP contribution in [0.4, 0.5) is 8.78 Å². The third-order valence-electron chi connectivity index (χ3n) is 3.06. The lowest BCUT2D eigenvalue weighted by Crippen LogP contribution is -2.40. The van der Waals surface area contributed by atoms with Crippen LogP contribution in [0.2, 0.25) is 0 Å². The number of rotatable bonds is 4. The molecule has 0 amide bonds.